The molecule has 0 radical (unpaired) electrons. The van der Waals surface area contributed by atoms with Gasteiger partial charge in [0.2, 0.25) is 0 Å². The van der Waals surface area contributed by atoms with Crippen LogP contribution >= 0.6 is 8.58 Å². The van der Waals surface area contributed by atoms with E-state index in [0.717, 1.165) is 52.5 Å². The summed E-state index contributed by atoms with van der Waals surface area (Å²) in [4.78, 5) is 0. The SMILES string of the molecule is COc1cccc(OC)c1C1=C(Pc2ccccc2-c2c(OC)cccc2OC)CCC=C1. The van der Waals surface area contributed by atoms with Gasteiger partial charge in [-0.05, 0) is 58.9 Å². The number of benzene rings is 3. The van der Waals surface area contributed by atoms with Crippen LogP contribution in [-0.2, 0) is 0 Å². The lowest BCUT2D eigenvalue weighted by atomic mass is 9.97. The molecular weight excluding hydrogens is 431 g/mol. The second kappa shape index (κ2) is 10.6. The molecule has 0 heterocycles. The van der Waals surface area contributed by atoms with Gasteiger partial charge in [-0.15, -0.1) is 0 Å². The Kier molecular flexibility index (Phi) is 7.36. The zero-order valence-electron chi connectivity index (χ0n) is 19.5. The van der Waals surface area contributed by atoms with E-state index < -0.39 is 0 Å². The van der Waals surface area contributed by atoms with Gasteiger partial charge in [-0.1, -0.05) is 57.1 Å². The molecule has 1 unspecified atom stereocenters. The summed E-state index contributed by atoms with van der Waals surface area (Å²) < 4.78 is 22.8. The maximum Gasteiger partial charge on any atom is 0.130 e. The highest BCUT2D eigenvalue weighted by Gasteiger charge is 2.21. The van der Waals surface area contributed by atoms with Crippen molar-refractivity contribution in [2.75, 3.05) is 28.4 Å². The van der Waals surface area contributed by atoms with Gasteiger partial charge in [-0.2, -0.15) is 0 Å². The van der Waals surface area contributed by atoms with Crippen LogP contribution in [0.15, 0.2) is 78.1 Å². The maximum absolute atomic E-state index is 5.72. The number of rotatable bonds is 8. The zero-order chi connectivity index (χ0) is 23.2. The van der Waals surface area contributed by atoms with Crippen molar-refractivity contribution in [2.45, 2.75) is 12.8 Å². The Labute approximate surface area is 197 Å². The van der Waals surface area contributed by atoms with Crippen molar-refractivity contribution < 1.29 is 18.9 Å². The van der Waals surface area contributed by atoms with E-state index in [1.807, 2.05) is 36.4 Å². The molecule has 4 nitrogen and oxygen atoms in total. The normalized spacial score (nSPS) is 13.5. The van der Waals surface area contributed by atoms with Gasteiger partial charge in [0.1, 0.15) is 23.0 Å². The van der Waals surface area contributed by atoms with E-state index in [9.17, 15) is 0 Å². The van der Waals surface area contributed by atoms with Crippen LogP contribution in [0.1, 0.15) is 18.4 Å². The Balaban J connectivity index is 1.86. The molecule has 0 aromatic heterocycles. The highest BCUT2D eigenvalue weighted by molar-refractivity contribution is 7.52. The summed E-state index contributed by atoms with van der Waals surface area (Å²) in [5.41, 5.74) is 4.29. The zero-order valence-corrected chi connectivity index (χ0v) is 20.5. The van der Waals surface area contributed by atoms with Gasteiger partial charge in [0, 0.05) is 0 Å². The smallest absolute Gasteiger partial charge is 0.130 e. The molecule has 0 bridgehead atoms. The lowest BCUT2D eigenvalue weighted by molar-refractivity contribution is 0.392. The monoisotopic (exact) mass is 460 g/mol. The fourth-order valence-electron chi connectivity index (χ4n) is 4.23. The van der Waals surface area contributed by atoms with E-state index in [0.29, 0.717) is 8.58 Å². The molecule has 0 fully saturated rings. The fraction of sp³-hybridized carbons (Fsp3) is 0.214. The molecule has 0 saturated heterocycles. The third-order valence-electron chi connectivity index (χ3n) is 5.78. The average Bonchev–Trinajstić information content (AvgIpc) is 2.88. The molecule has 5 heteroatoms. The molecule has 0 saturated carbocycles. The Morgan fingerprint density at radius 2 is 1.18 bits per heavy atom. The van der Waals surface area contributed by atoms with Crippen molar-refractivity contribution in [1.29, 1.82) is 0 Å². The number of ether oxygens (including phenoxy) is 4. The molecule has 1 aliphatic carbocycles. The van der Waals surface area contributed by atoms with E-state index in [2.05, 4.69) is 36.4 Å². The highest BCUT2D eigenvalue weighted by Crippen LogP contribution is 2.46. The number of hydrogen-bond donors (Lipinski definition) is 0. The highest BCUT2D eigenvalue weighted by atomic mass is 31.1. The fourth-order valence-corrected chi connectivity index (χ4v) is 5.69. The largest absolute Gasteiger partial charge is 0.496 e. The standard InChI is InChI=1S/C28H29O4P/c1-29-21-13-9-14-22(30-2)27(21)19-11-5-7-17-25(19)33-26-18-8-6-12-20(26)28-23(31-3)15-10-16-24(28)32-4/h5-7,9-17,33H,8,18H2,1-4H3. The molecule has 33 heavy (non-hydrogen) atoms. The third-order valence-corrected chi connectivity index (χ3v) is 7.30. The summed E-state index contributed by atoms with van der Waals surface area (Å²) in [7, 11) is 7.29. The Hall–Kier alpha value is -3.23. The quantitative estimate of drug-likeness (QED) is 0.362. The van der Waals surface area contributed by atoms with Crippen molar-refractivity contribution in [1.82, 2.24) is 0 Å². The van der Waals surface area contributed by atoms with Crippen LogP contribution in [0.4, 0.5) is 0 Å². The first-order valence-electron chi connectivity index (χ1n) is 10.9. The van der Waals surface area contributed by atoms with Gasteiger partial charge in [0.15, 0.2) is 0 Å². The number of hydrogen-bond acceptors (Lipinski definition) is 4. The van der Waals surface area contributed by atoms with Crippen molar-refractivity contribution >= 4 is 19.5 Å². The van der Waals surface area contributed by atoms with Gasteiger partial charge in [0.25, 0.3) is 0 Å². The molecule has 1 atom stereocenters. The predicted octanol–water partition coefficient (Wildman–Crippen LogP) is 6.45. The molecule has 0 spiro atoms. The molecule has 0 aliphatic heterocycles. The minimum atomic E-state index is 0.481. The van der Waals surface area contributed by atoms with Crippen molar-refractivity contribution in [3.8, 4) is 34.1 Å². The van der Waals surface area contributed by atoms with Crippen LogP contribution in [0.5, 0.6) is 23.0 Å². The van der Waals surface area contributed by atoms with Crippen LogP contribution < -0.4 is 24.3 Å². The van der Waals surface area contributed by atoms with Crippen LogP contribution in [0.3, 0.4) is 0 Å². The van der Waals surface area contributed by atoms with Crippen LogP contribution in [0, 0.1) is 0 Å². The molecule has 0 amide bonds. The second-order valence-corrected chi connectivity index (χ2v) is 8.97. The lowest BCUT2D eigenvalue weighted by Gasteiger charge is -2.22. The molecular formula is C28H29O4P. The summed E-state index contributed by atoms with van der Waals surface area (Å²) >= 11 is 0. The molecule has 1 aliphatic rings. The molecule has 0 N–H and O–H groups in total. The van der Waals surface area contributed by atoms with Crippen molar-refractivity contribution in [3.63, 3.8) is 0 Å². The van der Waals surface area contributed by atoms with Crippen LogP contribution in [0.2, 0.25) is 0 Å². The van der Waals surface area contributed by atoms with Crippen LogP contribution in [0.25, 0.3) is 16.7 Å². The lowest BCUT2D eigenvalue weighted by Crippen LogP contribution is -2.05. The average molecular weight is 461 g/mol. The minimum absolute atomic E-state index is 0.481. The van der Waals surface area contributed by atoms with E-state index >= 15 is 0 Å². The summed E-state index contributed by atoms with van der Waals surface area (Å²) in [6, 6.07) is 20.3. The summed E-state index contributed by atoms with van der Waals surface area (Å²) in [5.74, 6) is 3.24. The second-order valence-electron chi connectivity index (χ2n) is 7.58. The summed E-state index contributed by atoms with van der Waals surface area (Å²) in [6.45, 7) is 0. The third kappa shape index (κ3) is 4.62. The van der Waals surface area contributed by atoms with E-state index in [4.69, 9.17) is 18.9 Å². The Bertz CT molecular complexity index is 1150. The van der Waals surface area contributed by atoms with Crippen molar-refractivity contribution in [2.24, 2.45) is 0 Å². The minimum Gasteiger partial charge on any atom is -0.496 e. The maximum atomic E-state index is 5.72. The first-order valence-corrected chi connectivity index (χ1v) is 11.9. The van der Waals surface area contributed by atoms with Gasteiger partial charge >= 0.3 is 0 Å². The van der Waals surface area contributed by atoms with E-state index in [-0.39, 0.29) is 0 Å². The van der Waals surface area contributed by atoms with E-state index in [1.54, 1.807) is 28.4 Å². The summed E-state index contributed by atoms with van der Waals surface area (Å²) in [6.07, 6.45) is 6.44. The number of allylic oxidation sites excluding steroid dienone is 4. The van der Waals surface area contributed by atoms with Gasteiger partial charge in [-0.25, -0.2) is 0 Å². The Morgan fingerprint density at radius 1 is 0.636 bits per heavy atom. The van der Waals surface area contributed by atoms with Crippen molar-refractivity contribution in [3.05, 3.63) is 83.7 Å². The molecule has 3 aromatic rings. The number of methoxy groups -OCH3 is 4. The first kappa shape index (κ1) is 22.9. The van der Waals surface area contributed by atoms with E-state index in [1.165, 1.54) is 16.2 Å². The summed E-state index contributed by atoms with van der Waals surface area (Å²) in [5, 5.41) is 2.62. The van der Waals surface area contributed by atoms with Gasteiger partial charge < -0.3 is 18.9 Å². The topological polar surface area (TPSA) is 36.9 Å². The predicted molar refractivity (Wildman–Crippen MR) is 138 cm³/mol. The molecule has 4 rings (SSSR count). The first-order chi connectivity index (χ1) is 16.2. The molecule has 3 aromatic carbocycles. The van der Waals surface area contributed by atoms with Crippen LogP contribution in [-0.4, -0.2) is 28.4 Å². The van der Waals surface area contributed by atoms with Gasteiger partial charge in [-0.3, -0.25) is 0 Å². The van der Waals surface area contributed by atoms with Gasteiger partial charge in [0.05, 0.1) is 39.6 Å². The molecule has 170 valence electrons. The Morgan fingerprint density at radius 3 is 1.76 bits per heavy atom.